The monoisotopic (exact) mass is 377 g/mol. The van der Waals surface area contributed by atoms with Gasteiger partial charge in [-0.05, 0) is 56.5 Å². The average molecular weight is 377 g/mol. The molecule has 1 fully saturated rings. The van der Waals surface area contributed by atoms with Crippen LogP contribution >= 0.6 is 0 Å². The predicted octanol–water partition coefficient (Wildman–Crippen LogP) is 2.64. The summed E-state index contributed by atoms with van der Waals surface area (Å²) in [6.07, 6.45) is 7.63. The van der Waals surface area contributed by atoms with Crippen molar-refractivity contribution in [1.29, 1.82) is 0 Å². The van der Waals surface area contributed by atoms with Gasteiger partial charge in [0.2, 0.25) is 0 Å². The quantitative estimate of drug-likeness (QED) is 0.711. The molecule has 1 unspecified atom stereocenters. The van der Waals surface area contributed by atoms with E-state index < -0.39 is 6.10 Å². The molecule has 0 radical (unpaired) electrons. The molecular formula is C23H27N3O2. The van der Waals surface area contributed by atoms with Crippen LogP contribution in [0.5, 0.6) is 0 Å². The smallest absolute Gasteiger partial charge is 0.257 e. The molecule has 5 heteroatoms. The van der Waals surface area contributed by atoms with Gasteiger partial charge in [-0.15, -0.1) is 6.42 Å². The number of hydrogen-bond donors (Lipinski definition) is 1. The molecule has 5 nitrogen and oxygen atoms in total. The van der Waals surface area contributed by atoms with Crippen LogP contribution in [0, 0.1) is 25.2 Å². The summed E-state index contributed by atoms with van der Waals surface area (Å²) in [7, 11) is 0. The number of pyridine rings is 1. The Labute approximate surface area is 165 Å². The van der Waals surface area contributed by atoms with E-state index in [1.807, 2.05) is 35.8 Å². The van der Waals surface area contributed by atoms with Crippen LogP contribution < -0.4 is 5.56 Å². The summed E-state index contributed by atoms with van der Waals surface area (Å²) in [5.41, 5.74) is 3.82. The first-order valence-corrected chi connectivity index (χ1v) is 10.00. The summed E-state index contributed by atoms with van der Waals surface area (Å²) in [5.74, 6) is 3.52. The number of imidazole rings is 1. The molecule has 1 N–H and O–H groups in total. The number of fused-ring (bicyclic) bond motifs is 3. The number of terminal acetylenes is 1. The summed E-state index contributed by atoms with van der Waals surface area (Å²) in [4.78, 5) is 15.1. The number of likely N-dealkylation sites (tertiary alicyclic amines) is 1. The first-order valence-electron chi connectivity index (χ1n) is 10.00. The molecular weight excluding hydrogens is 350 g/mol. The van der Waals surface area contributed by atoms with Crippen molar-refractivity contribution < 1.29 is 5.11 Å². The maximum Gasteiger partial charge on any atom is 0.257 e. The first-order chi connectivity index (χ1) is 13.5. The number of para-hydroxylation sites is 2. The molecule has 0 saturated carbocycles. The van der Waals surface area contributed by atoms with Crippen molar-refractivity contribution in [1.82, 2.24) is 13.9 Å². The summed E-state index contributed by atoms with van der Waals surface area (Å²) in [6.45, 7) is 7.24. The Bertz CT molecular complexity index is 1110. The zero-order valence-electron chi connectivity index (χ0n) is 16.6. The van der Waals surface area contributed by atoms with E-state index in [1.165, 1.54) is 12.8 Å². The summed E-state index contributed by atoms with van der Waals surface area (Å²) < 4.78 is 3.68. The highest BCUT2D eigenvalue weighted by Gasteiger charge is 2.21. The lowest BCUT2D eigenvalue weighted by atomic mass is 9.99. The third-order valence-electron chi connectivity index (χ3n) is 5.94. The average Bonchev–Trinajstić information content (AvgIpc) is 2.99. The Balaban J connectivity index is 1.77. The maximum absolute atomic E-state index is 12.7. The summed E-state index contributed by atoms with van der Waals surface area (Å²) in [6, 6.07) is 9.36. The molecule has 0 spiro atoms. The van der Waals surface area contributed by atoms with E-state index in [9.17, 15) is 9.90 Å². The molecule has 1 aromatic carbocycles. The van der Waals surface area contributed by atoms with E-state index in [4.69, 9.17) is 6.42 Å². The molecule has 1 aliphatic heterocycles. The third-order valence-corrected chi connectivity index (χ3v) is 5.94. The van der Waals surface area contributed by atoms with E-state index in [2.05, 4.69) is 17.7 Å². The zero-order chi connectivity index (χ0) is 19.8. The standard InChI is InChI=1S/C23H27N3O2/c1-4-19-17(3)13-22(28)26-21-8-6-5-7-20(21)25(23(19)26)15-18(27)14-24-11-9-16(2)10-12-24/h1,5-8,13,16,18,27H,9-12,14-15H2,2-3H3. The number of aliphatic hydroxyl groups is 1. The molecule has 3 heterocycles. The number of nitrogens with zero attached hydrogens (tertiary/aromatic N) is 3. The zero-order valence-corrected chi connectivity index (χ0v) is 16.6. The first kappa shape index (κ1) is 18.8. The molecule has 1 saturated heterocycles. The van der Waals surface area contributed by atoms with Gasteiger partial charge in [-0.2, -0.15) is 0 Å². The highest BCUT2D eigenvalue weighted by Crippen LogP contribution is 2.24. The SMILES string of the molecule is C#Cc1c(C)cc(=O)n2c3ccccc3n(CC(O)CN3CCC(C)CC3)c12. The van der Waals surface area contributed by atoms with Crippen LogP contribution in [0.1, 0.15) is 30.9 Å². The second-order valence-corrected chi connectivity index (χ2v) is 8.08. The van der Waals surface area contributed by atoms with Gasteiger partial charge in [0.1, 0.15) is 5.65 Å². The van der Waals surface area contributed by atoms with Gasteiger partial charge in [0.15, 0.2) is 0 Å². The molecule has 0 amide bonds. The number of aryl methyl sites for hydroxylation is 1. The highest BCUT2D eigenvalue weighted by atomic mass is 16.3. The Morgan fingerprint density at radius 1 is 1.21 bits per heavy atom. The fourth-order valence-electron chi connectivity index (χ4n) is 4.37. The summed E-state index contributed by atoms with van der Waals surface area (Å²) in [5, 5.41) is 10.9. The number of benzene rings is 1. The molecule has 1 aliphatic rings. The molecule has 146 valence electrons. The minimum atomic E-state index is -0.533. The minimum absolute atomic E-state index is 0.0963. The largest absolute Gasteiger partial charge is 0.390 e. The van der Waals surface area contributed by atoms with E-state index >= 15 is 0 Å². The van der Waals surface area contributed by atoms with Crippen molar-refractivity contribution in [2.45, 2.75) is 39.3 Å². The lowest BCUT2D eigenvalue weighted by Crippen LogP contribution is -2.39. The Hall–Kier alpha value is -2.55. The molecule has 0 aliphatic carbocycles. The third kappa shape index (κ3) is 3.23. The topological polar surface area (TPSA) is 49.9 Å². The fraction of sp³-hybridized carbons (Fsp3) is 0.435. The van der Waals surface area contributed by atoms with Crippen molar-refractivity contribution >= 4 is 16.7 Å². The van der Waals surface area contributed by atoms with Crippen LogP contribution in [0.3, 0.4) is 0 Å². The second kappa shape index (κ2) is 7.46. The number of hydrogen-bond acceptors (Lipinski definition) is 3. The van der Waals surface area contributed by atoms with Crippen LogP contribution in [0.25, 0.3) is 16.7 Å². The van der Waals surface area contributed by atoms with Crippen molar-refractivity contribution in [2.75, 3.05) is 19.6 Å². The number of piperidine rings is 1. The Kier molecular flexibility index (Phi) is 5.01. The van der Waals surface area contributed by atoms with Gasteiger partial charge < -0.3 is 14.6 Å². The van der Waals surface area contributed by atoms with Gasteiger partial charge in [0, 0.05) is 12.6 Å². The van der Waals surface area contributed by atoms with Crippen LogP contribution in [-0.2, 0) is 6.54 Å². The van der Waals surface area contributed by atoms with Gasteiger partial charge in [-0.25, -0.2) is 0 Å². The predicted molar refractivity (Wildman–Crippen MR) is 113 cm³/mol. The second-order valence-electron chi connectivity index (χ2n) is 8.08. The minimum Gasteiger partial charge on any atom is -0.390 e. The number of rotatable bonds is 4. The Morgan fingerprint density at radius 3 is 2.57 bits per heavy atom. The number of aromatic nitrogens is 2. The van der Waals surface area contributed by atoms with Crippen molar-refractivity contribution in [3.05, 3.63) is 51.8 Å². The molecule has 0 bridgehead atoms. The van der Waals surface area contributed by atoms with Crippen molar-refractivity contribution in [2.24, 2.45) is 5.92 Å². The van der Waals surface area contributed by atoms with Gasteiger partial charge >= 0.3 is 0 Å². The van der Waals surface area contributed by atoms with Gasteiger partial charge in [-0.1, -0.05) is 25.0 Å². The van der Waals surface area contributed by atoms with Crippen LogP contribution in [0.2, 0.25) is 0 Å². The van der Waals surface area contributed by atoms with Gasteiger partial charge in [-0.3, -0.25) is 9.20 Å². The van der Waals surface area contributed by atoms with Gasteiger partial charge in [0.05, 0.1) is 29.2 Å². The number of β-amino-alcohol motifs (C(OH)–C–C–N with tert-alkyl or cyclic N) is 1. The van der Waals surface area contributed by atoms with Crippen LogP contribution in [0.4, 0.5) is 0 Å². The summed E-state index contributed by atoms with van der Waals surface area (Å²) >= 11 is 0. The normalized spacial score (nSPS) is 17.2. The molecule has 3 aromatic rings. The highest BCUT2D eigenvalue weighted by molar-refractivity contribution is 5.84. The molecule has 1 atom stereocenters. The fourth-order valence-corrected chi connectivity index (χ4v) is 4.37. The van der Waals surface area contributed by atoms with Crippen LogP contribution in [-0.4, -0.2) is 44.7 Å². The lowest BCUT2D eigenvalue weighted by Gasteiger charge is -2.31. The van der Waals surface area contributed by atoms with E-state index in [0.29, 0.717) is 24.3 Å². The molecule has 4 rings (SSSR count). The van der Waals surface area contributed by atoms with Crippen molar-refractivity contribution in [3.8, 4) is 12.3 Å². The maximum atomic E-state index is 12.7. The Morgan fingerprint density at radius 2 is 1.89 bits per heavy atom. The van der Waals surface area contributed by atoms with Crippen LogP contribution in [0.15, 0.2) is 35.1 Å². The van der Waals surface area contributed by atoms with Gasteiger partial charge in [0.25, 0.3) is 5.56 Å². The van der Waals surface area contributed by atoms with E-state index in [0.717, 1.165) is 35.6 Å². The number of aliphatic hydroxyl groups excluding tert-OH is 1. The van der Waals surface area contributed by atoms with Crippen molar-refractivity contribution in [3.63, 3.8) is 0 Å². The molecule has 28 heavy (non-hydrogen) atoms. The lowest BCUT2D eigenvalue weighted by molar-refractivity contribution is 0.0816. The van der Waals surface area contributed by atoms with E-state index in [-0.39, 0.29) is 5.56 Å². The molecule has 2 aromatic heterocycles. The van der Waals surface area contributed by atoms with E-state index in [1.54, 1.807) is 10.5 Å².